The number of hydrogen-bond donors (Lipinski definition) is 2. The Labute approximate surface area is 102 Å². The van der Waals surface area contributed by atoms with Crippen LogP contribution in [0, 0.1) is 5.92 Å². The van der Waals surface area contributed by atoms with Crippen molar-refractivity contribution in [1.29, 1.82) is 0 Å². The average molecular weight is 242 g/mol. The smallest absolute Gasteiger partial charge is 0.221 e. The predicted octanol–water partition coefficient (Wildman–Crippen LogP) is 1.39. The van der Waals surface area contributed by atoms with Gasteiger partial charge in [-0.05, 0) is 12.3 Å². The molecule has 2 aliphatic rings. The van der Waals surface area contributed by atoms with Crippen LogP contribution in [-0.2, 0) is 4.79 Å². The van der Waals surface area contributed by atoms with Gasteiger partial charge in [0.1, 0.15) is 0 Å². The lowest BCUT2D eigenvalue weighted by atomic mass is 9.83. The normalized spacial score (nSPS) is 26.1. The molecule has 1 aliphatic carbocycles. The van der Waals surface area contributed by atoms with Crippen LogP contribution in [0.2, 0.25) is 0 Å². The Bertz CT molecular complexity index is 225. The highest BCUT2D eigenvalue weighted by atomic mass is 32.2. The third-order valence-corrected chi connectivity index (χ3v) is 4.66. The van der Waals surface area contributed by atoms with Crippen LogP contribution < -0.4 is 10.6 Å². The molecule has 1 unspecified atom stereocenters. The first-order chi connectivity index (χ1) is 7.84. The fraction of sp³-hybridized carbons (Fsp3) is 0.917. The number of amides is 1. The van der Waals surface area contributed by atoms with Crippen molar-refractivity contribution < 1.29 is 4.79 Å². The average Bonchev–Trinajstić information content (AvgIpc) is 2.23. The largest absolute Gasteiger partial charge is 0.356 e. The van der Waals surface area contributed by atoms with E-state index in [9.17, 15) is 4.79 Å². The summed E-state index contributed by atoms with van der Waals surface area (Å²) in [6, 6.07) is 0.391. The van der Waals surface area contributed by atoms with E-state index in [2.05, 4.69) is 10.6 Å². The van der Waals surface area contributed by atoms with Gasteiger partial charge in [0.25, 0.3) is 0 Å². The molecule has 0 aromatic carbocycles. The maximum Gasteiger partial charge on any atom is 0.221 e. The van der Waals surface area contributed by atoms with Gasteiger partial charge < -0.3 is 10.6 Å². The summed E-state index contributed by atoms with van der Waals surface area (Å²) in [6.45, 7) is 1.92. The van der Waals surface area contributed by atoms with Crippen LogP contribution in [0.3, 0.4) is 0 Å². The number of carbonyl (C=O) groups excluding carboxylic acids is 1. The molecule has 0 aromatic rings. The third kappa shape index (κ3) is 3.98. The first kappa shape index (κ1) is 12.2. The summed E-state index contributed by atoms with van der Waals surface area (Å²) < 4.78 is 0. The fourth-order valence-electron chi connectivity index (χ4n) is 2.24. The third-order valence-electron chi connectivity index (χ3n) is 3.53. The zero-order valence-corrected chi connectivity index (χ0v) is 10.7. The molecule has 1 heterocycles. The lowest BCUT2D eigenvalue weighted by Crippen LogP contribution is -2.41. The second-order valence-electron chi connectivity index (χ2n) is 4.87. The van der Waals surface area contributed by atoms with Gasteiger partial charge in [0, 0.05) is 37.1 Å². The van der Waals surface area contributed by atoms with E-state index in [0.29, 0.717) is 12.5 Å². The molecular weight excluding hydrogens is 220 g/mol. The van der Waals surface area contributed by atoms with Gasteiger partial charge in [-0.1, -0.05) is 19.3 Å². The summed E-state index contributed by atoms with van der Waals surface area (Å²) in [5.41, 5.74) is 0. The summed E-state index contributed by atoms with van der Waals surface area (Å²) in [5, 5.41) is 6.43. The zero-order valence-electron chi connectivity index (χ0n) is 9.84. The Balaban J connectivity index is 1.52. The van der Waals surface area contributed by atoms with Gasteiger partial charge in [-0.3, -0.25) is 4.79 Å². The van der Waals surface area contributed by atoms with E-state index in [0.717, 1.165) is 24.8 Å². The van der Waals surface area contributed by atoms with E-state index in [1.165, 1.54) is 31.4 Å². The maximum atomic E-state index is 11.6. The number of carbonyl (C=O) groups is 1. The van der Waals surface area contributed by atoms with Crippen LogP contribution in [-0.4, -0.2) is 36.5 Å². The van der Waals surface area contributed by atoms with E-state index >= 15 is 0 Å². The Kier molecular flexibility index (Phi) is 4.97. The molecule has 1 saturated heterocycles. The molecule has 1 amide bonds. The van der Waals surface area contributed by atoms with Crippen molar-refractivity contribution in [3.63, 3.8) is 0 Å². The van der Waals surface area contributed by atoms with E-state index in [1.54, 1.807) is 0 Å². The highest BCUT2D eigenvalue weighted by Gasteiger charge is 2.18. The zero-order chi connectivity index (χ0) is 11.2. The summed E-state index contributed by atoms with van der Waals surface area (Å²) >= 11 is 1.94. The molecule has 1 saturated carbocycles. The van der Waals surface area contributed by atoms with E-state index in [-0.39, 0.29) is 5.91 Å². The molecule has 0 bridgehead atoms. The molecule has 1 aliphatic heterocycles. The topological polar surface area (TPSA) is 41.1 Å². The van der Waals surface area contributed by atoms with Gasteiger partial charge in [-0.2, -0.15) is 11.8 Å². The van der Waals surface area contributed by atoms with E-state index < -0.39 is 0 Å². The lowest BCUT2D eigenvalue weighted by molar-refractivity contribution is -0.121. The van der Waals surface area contributed by atoms with Gasteiger partial charge in [0.15, 0.2) is 0 Å². The summed E-state index contributed by atoms with van der Waals surface area (Å²) in [6.07, 6.45) is 5.96. The van der Waals surface area contributed by atoms with Gasteiger partial charge >= 0.3 is 0 Å². The van der Waals surface area contributed by atoms with Crippen LogP contribution >= 0.6 is 11.8 Å². The van der Waals surface area contributed by atoms with Crippen molar-refractivity contribution >= 4 is 17.7 Å². The Morgan fingerprint density at radius 1 is 1.44 bits per heavy atom. The SMILES string of the molecule is O=C(CC1CSCCN1)NCCC1CCC1. The number of thioether (sulfide) groups is 1. The van der Waals surface area contributed by atoms with Gasteiger partial charge in [-0.25, -0.2) is 0 Å². The first-order valence-corrected chi connectivity index (χ1v) is 7.58. The summed E-state index contributed by atoms with van der Waals surface area (Å²) in [5.74, 6) is 3.37. The van der Waals surface area contributed by atoms with Crippen LogP contribution in [0.1, 0.15) is 32.1 Å². The molecule has 4 heteroatoms. The standard InChI is InChI=1S/C12H22N2OS/c15-12(8-11-9-16-7-6-13-11)14-5-4-10-2-1-3-10/h10-11,13H,1-9H2,(H,14,15). The molecule has 16 heavy (non-hydrogen) atoms. The monoisotopic (exact) mass is 242 g/mol. The van der Waals surface area contributed by atoms with E-state index in [4.69, 9.17) is 0 Å². The molecule has 1 atom stereocenters. The van der Waals surface area contributed by atoms with Gasteiger partial charge in [-0.15, -0.1) is 0 Å². The van der Waals surface area contributed by atoms with Crippen LogP contribution in [0.4, 0.5) is 0 Å². The highest BCUT2D eigenvalue weighted by molar-refractivity contribution is 7.99. The first-order valence-electron chi connectivity index (χ1n) is 6.42. The maximum absolute atomic E-state index is 11.6. The highest BCUT2D eigenvalue weighted by Crippen LogP contribution is 2.28. The van der Waals surface area contributed by atoms with Crippen molar-refractivity contribution in [2.45, 2.75) is 38.1 Å². The lowest BCUT2D eigenvalue weighted by Gasteiger charge is -2.25. The Morgan fingerprint density at radius 3 is 2.94 bits per heavy atom. The molecule has 2 fully saturated rings. The second-order valence-corrected chi connectivity index (χ2v) is 6.02. The molecular formula is C12H22N2OS. The van der Waals surface area contributed by atoms with Crippen molar-refractivity contribution in [1.82, 2.24) is 10.6 Å². The van der Waals surface area contributed by atoms with Crippen molar-refractivity contribution in [3.8, 4) is 0 Å². The Hall–Kier alpha value is -0.220. The van der Waals surface area contributed by atoms with Crippen molar-refractivity contribution in [3.05, 3.63) is 0 Å². The molecule has 0 aromatic heterocycles. The number of hydrogen-bond acceptors (Lipinski definition) is 3. The molecule has 92 valence electrons. The van der Waals surface area contributed by atoms with Gasteiger partial charge in [0.05, 0.1) is 0 Å². The Morgan fingerprint density at radius 2 is 2.31 bits per heavy atom. The van der Waals surface area contributed by atoms with Crippen molar-refractivity contribution in [2.24, 2.45) is 5.92 Å². The van der Waals surface area contributed by atoms with Crippen molar-refractivity contribution in [2.75, 3.05) is 24.6 Å². The van der Waals surface area contributed by atoms with Gasteiger partial charge in [0.2, 0.25) is 5.91 Å². The quantitative estimate of drug-likeness (QED) is 0.765. The predicted molar refractivity (Wildman–Crippen MR) is 68.7 cm³/mol. The fourth-order valence-corrected chi connectivity index (χ4v) is 3.19. The van der Waals surface area contributed by atoms with Crippen LogP contribution in [0.5, 0.6) is 0 Å². The number of nitrogens with one attached hydrogen (secondary N) is 2. The molecule has 3 nitrogen and oxygen atoms in total. The minimum atomic E-state index is 0.222. The summed E-state index contributed by atoms with van der Waals surface area (Å²) in [7, 11) is 0. The van der Waals surface area contributed by atoms with Crippen LogP contribution in [0.15, 0.2) is 0 Å². The van der Waals surface area contributed by atoms with E-state index in [1.807, 2.05) is 11.8 Å². The summed E-state index contributed by atoms with van der Waals surface area (Å²) in [4.78, 5) is 11.6. The molecule has 2 N–H and O–H groups in total. The van der Waals surface area contributed by atoms with Crippen LogP contribution in [0.25, 0.3) is 0 Å². The number of rotatable bonds is 5. The molecule has 0 radical (unpaired) electrons. The minimum Gasteiger partial charge on any atom is -0.356 e. The second kappa shape index (κ2) is 6.50. The molecule has 0 spiro atoms. The molecule has 2 rings (SSSR count). The minimum absolute atomic E-state index is 0.222.